The fourth-order valence-corrected chi connectivity index (χ4v) is 3.23. The van der Waals surface area contributed by atoms with Crippen LogP contribution in [0.3, 0.4) is 0 Å². The number of methoxy groups -OCH3 is 1. The molecule has 1 heterocycles. The second kappa shape index (κ2) is 6.00. The van der Waals surface area contributed by atoms with E-state index in [4.69, 9.17) is 20.8 Å². The van der Waals surface area contributed by atoms with E-state index in [2.05, 4.69) is 21.2 Å². The van der Waals surface area contributed by atoms with Gasteiger partial charge in [0.15, 0.2) is 5.75 Å². The van der Waals surface area contributed by atoms with Gasteiger partial charge in [0, 0.05) is 22.5 Å². The molecule has 0 spiro atoms. The SMILES string of the molecule is COc1c(Br)cc(Cl)cc1NCc1coc2ccccc12. The van der Waals surface area contributed by atoms with Gasteiger partial charge < -0.3 is 14.5 Å². The quantitative estimate of drug-likeness (QED) is 0.665. The van der Waals surface area contributed by atoms with Crippen LogP contribution in [0.4, 0.5) is 5.69 Å². The molecule has 1 N–H and O–H groups in total. The molecule has 2 aromatic carbocycles. The molecular formula is C16H13BrClNO2. The molecule has 21 heavy (non-hydrogen) atoms. The largest absolute Gasteiger partial charge is 0.493 e. The average Bonchev–Trinajstić information content (AvgIpc) is 2.88. The minimum absolute atomic E-state index is 0.625. The van der Waals surface area contributed by atoms with Crippen LogP contribution in [0.25, 0.3) is 11.0 Å². The van der Waals surface area contributed by atoms with Crippen molar-refractivity contribution in [2.45, 2.75) is 6.54 Å². The van der Waals surface area contributed by atoms with Crippen molar-refractivity contribution >= 4 is 44.2 Å². The molecule has 0 amide bonds. The molecule has 0 saturated carbocycles. The van der Waals surface area contributed by atoms with Gasteiger partial charge >= 0.3 is 0 Å². The lowest BCUT2D eigenvalue weighted by Gasteiger charge is -2.13. The fraction of sp³-hybridized carbons (Fsp3) is 0.125. The summed E-state index contributed by atoms with van der Waals surface area (Å²) >= 11 is 9.54. The van der Waals surface area contributed by atoms with Crippen LogP contribution in [0.5, 0.6) is 5.75 Å². The van der Waals surface area contributed by atoms with Gasteiger partial charge in [-0.25, -0.2) is 0 Å². The van der Waals surface area contributed by atoms with E-state index in [0.29, 0.717) is 11.6 Å². The molecule has 0 unspecified atom stereocenters. The van der Waals surface area contributed by atoms with E-state index in [-0.39, 0.29) is 0 Å². The first-order valence-electron chi connectivity index (χ1n) is 6.41. The van der Waals surface area contributed by atoms with Crippen LogP contribution in [-0.2, 0) is 6.54 Å². The van der Waals surface area contributed by atoms with Crippen LogP contribution in [0.1, 0.15) is 5.56 Å². The first-order valence-corrected chi connectivity index (χ1v) is 7.58. The number of rotatable bonds is 4. The Morgan fingerprint density at radius 1 is 1.29 bits per heavy atom. The fourth-order valence-electron chi connectivity index (χ4n) is 2.26. The minimum Gasteiger partial charge on any atom is -0.493 e. The number of halogens is 2. The molecule has 0 saturated heterocycles. The monoisotopic (exact) mass is 365 g/mol. The third-order valence-electron chi connectivity index (χ3n) is 3.24. The zero-order valence-corrected chi connectivity index (χ0v) is 13.7. The number of hydrogen-bond acceptors (Lipinski definition) is 3. The van der Waals surface area contributed by atoms with Gasteiger partial charge in [-0.1, -0.05) is 29.8 Å². The van der Waals surface area contributed by atoms with Gasteiger partial charge in [0.2, 0.25) is 0 Å². The van der Waals surface area contributed by atoms with E-state index in [9.17, 15) is 0 Å². The summed E-state index contributed by atoms with van der Waals surface area (Å²) in [7, 11) is 1.63. The maximum absolute atomic E-state index is 6.09. The Hall–Kier alpha value is -1.65. The van der Waals surface area contributed by atoms with Gasteiger partial charge in [-0.3, -0.25) is 0 Å². The zero-order valence-electron chi connectivity index (χ0n) is 11.3. The van der Waals surface area contributed by atoms with Crippen LogP contribution in [0, 0.1) is 0 Å². The predicted octanol–water partition coefficient (Wildman–Crippen LogP) is 5.47. The van der Waals surface area contributed by atoms with Gasteiger partial charge in [0.05, 0.1) is 23.5 Å². The number of fused-ring (bicyclic) bond motifs is 1. The van der Waals surface area contributed by atoms with Gasteiger partial charge in [-0.2, -0.15) is 0 Å². The Morgan fingerprint density at radius 3 is 2.90 bits per heavy atom. The Labute approximate surface area is 136 Å². The predicted molar refractivity (Wildman–Crippen MR) is 89.2 cm³/mol. The third kappa shape index (κ3) is 2.87. The van der Waals surface area contributed by atoms with Crippen molar-refractivity contribution in [2.24, 2.45) is 0 Å². The van der Waals surface area contributed by atoms with Crippen molar-refractivity contribution < 1.29 is 9.15 Å². The van der Waals surface area contributed by atoms with Gasteiger partial charge in [-0.05, 0) is 34.1 Å². The highest BCUT2D eigenvalue weighted by Crippen LogP contribution is 2.36. The summed E-state index contributed by atoms with van der Waals surface area (Å²) < 4.78 is 11.7. The highest BCUT2D eigenvalue weighted by atomic mass is 79.9. The second-order valence-corrected chi connectivity index (χ2v) is 5.87. The number of hydrogen-bond donors (Lipinski definition) is 1. The van der Waals surface area contributed by atoms with Gasteiger partial charge in [0.25, 0.3) is 0 Å². The number of para-hydroxylation sites is 1. The molecular weight excluding hydrogens is 354 g/mol. The summed E-state index contributed by atoms with van der Waals surface area (Å²) in [6, 6.07) is 11.6. The third-order valence-corrected chi connectivity index (χ3v) is 4.05. The van der Waals surface area contributed by atoms with Crippen LogP contribution in [0.15, 0.2) is 51.6 Å². The molecule has 0 fully saturated rings. The summed E-state index contributed by atoms with van der Waals surface area (Å²) in [5.74, 6) is 0.729. The van der Waals surface area contributed by atoms with Crippen molar-refractivity contribution in [2.75, 3.05) is 12.4 Å². The van der Waals surface area contributed by atoms with Gasteiger partial charge in [-0.15, -0.1) is 0 Å². The molecule has 3 aromatic rings. The van der Waals surface area contributed by atoms with Crippen molar-refractivity contribution in [1.82, 2.24) is 0 Å². The summed E-state index contributed by atoms with van der Waals surface area (Å²) in [6.07, 6.45) is 1.77. The molecule has 0 aliphatic rings. The first kappa shape index (κ1) is 14.3. The van der Waals surface area contributed by atoms with Crippen molar-refractivity contribution in [3.05, 3.63) is 57.7 Å². The van der Waals surface area contributed by atoms with Crippen molar-refractivity contribution in [1.29, 1.82) is 0 Å². The van der Waals surface area contributed by atoms with Crippen molar-refractivity contribution in [3.8, 4) is 5.75 Å². The standard InChI is InChI=1S/C16H13BrClNO2/c1-20-16-13(17)6-11(18)7-14(16)19-8-10-9-21-15-5-3-2-4-12(10)15/h2-7,9,19H,8H2,1H3. The number of furan rings is 1. The van der Waals surface area contributed by atoms with E-state index in [1.165, 1.54) is 0 Å². The van der Waals surface area contributed by atoms with Crippen molar-refractivity contribution in [3.63, 3.8) is 0 Å². The molecule has 108 valence electrons. The normalized spacial score (nSPS) is 10.8. The van der Waals surface area contributed by atoms with Crippen LogP contribution in [-0.4, -0.2) is 7.11 Å². The highest BCUT2D eigenvalue weighted by Gasteiger charge is 2.11. The average molecular weight is 367 g/mol. The lowest BCUT2D eigenvalue weighted by Crippen LogP contribution is -2.01. The maximum atomic E-state index is 6.09. The molecule has 3 nitrogen and oxygen atoms in total. The van der Waals surface area contributed by atoms with Gasteiger partial charge in [0.1, 0.15) is 5.58 Å². The molecule has 0 bridgehead atoms. The maximum Gasteiger partial charge on any atom is 0.156 e. The van der Waals surface area contributed by atoms with Crippen LogP contribution in [0.2, 0.25) is 5.02 Å². The van der Waals surface area contributed by atoms with E-state index < -0.39 is 0 Å². The summed E-state index contributed by atoms with van der Waals surface area (Å²) in [6.45, 7) is 0.625. The zero-order chi connectivity index (χ0) is 14.8. The Bertz CT molecular complexity index is 785. The molecule has 0 aliphatic heterocycles. The molecule has 0 atom stereocenters. The number of ether oxygens (including phenoxy) is 1. The second-order valence-electron chi connectivity index (χ2n) is 4.58. The topological polar surface area (TPSA) is 34.4 Å². The Morgan fingerprint density at radius 2 is 2.10 bits per heavy atom. The molecule has 1 aromatic heterocycles. The first-order chi connectivity index (χ1) is 10.2. The Kier molecular flexibility index (Phi) is 4.08. The van der Waals surface area contributed by atoms with Crippen LogP contribution < -0.4 is 10.1 Å². The molecule has 0 aliphatic carbocycles. The summed E-state index contributed by atoms with van der Waals surface area (Å²) in [5.41, 5.74) is 2.81. The minimum atomic E-state index is 0.625. The molecule has 0 radical (unpaired) electrons. The van der Waals surface area contributed by atoms with E-state index in [1.54, 1.807) is 19.4 Å². The van der Waals surface area contributed by atoms with Crippen LogP contribution >= 0.6 is 27.5 Å². The lowest BCUT2D eigenvalue weighted by atomic mass is 10.2. The Balaban J connectivity index is 1.88. The number of benzene rings is 2. The number of nitrogens with one attached hydrogen (secondary N) is 1. The summed E-state index contributed by atoms with van der Waals surface area (Å²) in [5, 5.41) is 5.08. The molecule has 5 heteroatoms. The van der Waals surface area contributed by atoms with E-state index in [0.717, 1.165) is 32.4 Å². The highest BCUT2D eigenvalue weighted by molar-refractivity contribution is 9.10. The van der Waals surface area contributed by atoms with E-state index >= 15 is 0 Å². The lowest BCUT2D eigenvalue weighted by molar-refractivity contribution is 0.414. The number of anilines is 1. The molecule has 3 rings (SSSR count). The smallest absolute Gasteiger partial charge is 0.156 e. The van der Waals surface area contributed by atoms with E-state index in [1.807, 2.05) is 30.3 Å². The summed E-state index contributed by atoms with van der Waals surface area (Å²) in [4.78, 5) is 0.